The van der Waals surface area contributed by atoms with E-state index in [2.05, 4.69) is 10.0 Å². The maximum absolute atomic E-state index is 13.8. The van der Waals surface area contributed by atoms with Crippen LogP contribution in [0.4, 0.5) is 10.1 Å². The van der Waals surface area contributed by atoms with Gasteiger partial charge in [-0.1, -0.05) is 18.2 Å². The monoisotopic (exact) mass is 419 g/mol. The van der Waals surface area contributed by atoms with Gasteiger partial charge in [0.15, 0.2) is 0 Å². The number of aryl methyl sites for hydroxylation is 1. The molecule has 0 heterocycles. The quantitative estimate of drug-likeness (QED) is 0.613. The van der Waals surface area contributed by atoms with E-state index in [1.165, 1.54) is 18.2 Å². The van der Waals surface area contributed by atoms with Gasteiger partial charge < -0.3 is 10.2 Å². The number of carbonyl (C=O) groups excluding carboxylic acids is 1. The Hall–Kier alpha value is -2.45. The van der Waals surface area contributed by atoms with Crippen LogP contribution in [0, 0.1) is 12.7 Å². The van der Waals surface area contributed by atoms with Crippen LogP contribution in [0.25, 0.3) is 0 Å². The molecule has 2 N–H and O–H groups in total. The standard InChI is InChI=1S/C21H26FN3O3S/c1-15-8-11-17(29(27,28)24-16-9-10-16)14-18(15)21(26)23-12-5-13-25(2)20-7-4-3-6-19(20)22/h3-4,6-8,11,14,16,24H,5,9-10,12-13H2,1-2H3,(H,23,26). The number of halogens is 1. The lowest BCUT2D eigenvalue weighted by atomic mass is 10.1. The first-order chi connectivity index (χ1) is 13.8. The average Bonchev–Trinajstić information content (AvgIpc) is 3.48. The zero-order valence-electron chi connectivity index (χ0n) is 16.6. The van der Waals surface area contributed by atoms with Crippen LogP contribution in [-0.4, -0.2) is 40.5 Å². The third-order valence-corrected chi connectivity index (χ3v) is 6.40. The normalized spacial score (nSPS) is 13.9. The maximum atomic E-state index is 13.8. The fourth-order valence-corrected chi connectivity index (χ4v) is 4.33. The Morgan fingerprint density at radius 3 is 2.62 bits per heavy atom. The SMILES string of the molecule is Cc1ccc(S(=O)(=O)NC2CC2)cc1C(=O)NCCCN(C)c1ccccc1F. The third kappa shape index (κ3) is 5.55. The van der Waals surface area contributed by atoms with Crippen molar-refractivity contribution >= 4 is 21.6 Å². The van der Waals surface area contributed by atoms with Gasteiger partial charge in [0.25, 0.3) is 5.91 Å². The highest BCUT2D eigenvalue weighted by atomic mass is 32.2. The smallest absolute Gasteiger partial charge is 0.251 e. The van der Waals surface area contributed by atoms with E-state index in [0.717, 1.165) is 12.8 Å². The molecule has 1 saturated carbocycles. The van der Waals surface area contributed by atoms with Crippen molar-refractivity contribution in [2.24, 2.45) is 0 Å². The molecule has 0 aliphatic heterocycles. The van der Waals surface area contributed by atoms with Crippen molar-refractivity contribution in [1.29, 1.82) is 0 Å². The predicted molar refractivity (Wildman–Crippen MR) is 111 cm³/mol. The molecule has 8 heteroatoms. The van der Waals surface area contributed by atoms with E-state index >= 15 is 0 Å². The van der Waals surface area contributed by atoms with Crippen LogP contribution in [0.15, 0.2) is 47.4 Å². The number of hydrogen-bond acceptors (Lipinski definition) is 4. The molecule has 6 nitrogen and oxygen atoms in total. The molecule has 3 rings (SSSR count). The Morgan fingerprint density at radius 2 is 1.93 bits per heavy atom. The summed E-state index contributed by atoms with van der Waals surface area (Å²) in [5, 5.41) is 2.82. The number of nitrogens with one attached hydrogen (secondary N) is 2. The lowest BCUT2D eigenvalue weighted by Crippen LogP contribution is -2.29. The van der Waals surface area contributed by atoms with Gasteiger partial charge in [-0.3, -0.25) is 4.79 Å². The molecule has 1 amide bonds. The van der Waals surface area contributed by atoms with Gasteiger partial charge in [0, 0.05) is 31.7 Å². The summed E-state index contributed by atoms with van der Waals surface area (Å²) in [6, 6.07) is 11.1. The minimum Gasteiger partial charge on any atom is -0.372 e. The predicted octanol–water partition coefficient (Wildman–Crippen LogP) is 2.83. The second kappa shape index (κ2) is 8.92. The van der Waals surface area contributed by atoms with Crippen molar-refractivity contribution in [3.05, 3.63) is 59.4 Å². The van der Waals surface area contributed by atoms with Crippen LogP contribution in [-0.2, 0) is 10.0 Å². The van der Waals surface area contributed by atoms with E-state index in [1.54, 1.807) is 43.1 Å². The molecule has 0 bridgehead atoms. The minimum absolute atomic E-state index is 0.00465. The van der Waals surface area contributed by atoms with Crippen LogP contribution in [0.2, 0.25) is 0 Å². The third-order valence-electron chi connectivity index (χ3n) is 4.88. The number of amides is 1. The van der Waals surface area contributed by atoms with Gasteiger partial charge in [-0.05, 0) is 56.0 Å². The highest BCUT2D eigenvalue weighted by Gasteiger charge is 2.28. The Labute approximate surface area is 171 Å². The Balaban J connectivity index is 1.56. The van der Waals surface area contributed by atoms with Crippen molar-refractivity contribution < 1.29 is 17.6 Å². The Kier molecular flexibility index (Phi) is 6.54. The zero-order chi connectivity index (χ0) is 21.0. The summed E-state index contributed by atoms with van der Waals surface area (Å²) >= 11 is 0. The lowest BCUT2D eigenvalue weighted by Gasteiger charge is -2.20. The number of hydrogen-bond donors (Lipinski definition) is 2. The molecule has 0 saturated heterocycles. The highest BCUT2D eigenvalue weighted by Crippen LogP contribution is 2.23. The molecule has 0 spiro atoms. The molecule has 1 aliphatic carbocycles. The minimum atomic E-state index is -3.61. The van der Waals surface area contributed by atoms with Crippen molar-refractivity contribution in [3.8, 4) is 0 Å². The summed E-state index contributed by atoms with van der Waals surface area (Å²) in [5.74, 6) is -0.605. The highest BCUT2D eigenvalue weighted by molar-refractivity contribution is 7.89. The van der Waals surface area contributed by atoms with Crippen molar-refractivity contribution in [2.75, 3.05) is 25.0 Å². The molecule has 2 aromatic carbocycles. The molecule has 0 unspecified atom stereocenters. The Morgan fingerprint density at radius 1 is 1.21 bits per heavy atom. The molecular weight excluding hydrogens is 393 g/mol. The van der Waals surface area contributed by atoms with Gasteiger partial charge in [0.1, 0.15) is 5.82 Å². The first-order valence-corrected chi connectivity index (χ1v) is 11.1. The summed E-state index contributed by atoms with van der Waals surface area (Å²) in [6.07, 6.45) is 2.32. The van der Waals surface area contributed by atoms with Gasteiger partial charge in [-0.25, -0.2) is 17.5 Å². The van der Waals surface area contributed by atoms with E-state index in [9.17, 15) is 17.6 Å². The summed E-state index contributed by atoms with van der Waals surface area (Å²) in [6.45, 7) is 2.74. The molecule has 0 aromatic heterocycles. The van der Waals surface area contributed by atoms with Crippen molar-refractivity contribution in [1.82, 2.24) is 10.0 Å². The molecule has 29 heavy (non-hydrogen) atoms. The van der Waals surface area contributed by atoms with E-state index in [4.69, 9.17) is 0 Å². The lowest BCUT2D eigenvalue weighted by molar-refractivity contribution is 0.0952. The fraction of sp³-hybridized carbons (Fsp3) is 0.381. The van der Waals surface area contributed by atoms with Gasteiger partial charge in [-0.2, -0.15) is 0 Å². The second-order valence-electron chi connectivity index (χ2n) is 7.35. The molecule has 1 aliphatic rings. The molecule has 2 aromatic rings. The number of benzene rings is 2. The fourth-order valence-electron chi connectivity index (χ4n) is 3.00. The van der Waals surface area contributed by atoms with Crippen LogP contribution >= 0.6 is 0 Å². The topological polar surface area (TPSA) is 78.5 Å². The number of sulfonamides is 1. The summed E-state index contributed by atoms with van der Waals surface area (Å²) in [4.78, 5) is 14.4. The average molecular weight is 420 g/mol. The first-order valence-electron chi connectivity index (χ1n) is 9.65. The van der Waals surface area contributed by atoms with E-state index < -0.39 is 10.0 Å². The first kappa shape index (κ1) is 21.3. The van der Waals surface area contributed by atoms with Gasteiger partial charge in [-0.15, -0.1) is 0 Å². The van der Waals surface area contributed by atoms with Gasteiger partial charge in [0.2, 0.25) is 10.0 Å². The van der Waals surface area contributed by atoms with Crippen LogP contribution in [0.5, 0.6) is 0 Å². The molecule has 156 valence electrons. The summed E-state index contributed by atoms with van der Waals surface area (Å²) < 4.78 is 41.2. The zero-order valence-corrected chi connectivity index (χ0v) is 17.4. The van der Waals surface area contributed by atoms with Gasteiger partial charge >= 0.3 is 0 Å². The largest absolute Gasteiger partial charge is 0.372 e. The van der Waals surface area contributed by atoms with Crippen LogP contribution in [0.3, 0.4) is 0 Å². The summed E-state index contributed by atoms with van der Waals surface area (Å²) in [5.41, 5.74) is 1.55. The number of para-hydroxylation sites is 1. The number of anilines is 1. The number of carbonyl (C=O) groups is 1. The van der Waals surface area contributed by atoms with Crippen LogP contribution in [0.1, 0.15) is 35.2 Å². The van der Waals surface area contributed by atoms with Crippen molar-refractivity contribution in [2.45, 2.75) is 37.1 Å². The molecule has 0 atom stereocenters. The van der Waals surface area contributed by atoms with E-state index in [-0.39, 0.29) is 22.7 Å². The van der Waals surface area contributed by atoms with E-state index in [0.29, 0.717) is 36.3 Å². The number of nitrogens with zero attached hydrogens (tertiary/aromatic N) is 1. The van der Waals surface area contributed by atoms with E-state index in [1.807, 2.05) is 0 Å². The summed E-state index contributed by atoms with van der Waals surface area (Å²) in [7, 11) is -1.82. The maximum Gasteiger partial charge on any atom is 0.251 e. The molecule has 0 radical (unpaired) electrons. The number of rotatable bonds is 9. The molecule has 1 fully saturated rings. The molecular formula is C21H26FN3O3S. The second-order valence-corrected chi connectivity index (χ2v) is 9.07. The van der Waals surface area contributed by atoms with Crippen molar-refractivity contribution in [3.63, 3.8) is 0 Å². The van der Waals surface area contributed by atoms with Crippen LogP contribution < -0.4 is 14.9 Å². The van der Waals surface area contributed by atoms with Gasteiger partial charge in [0.05, 0.1) is 10.6 Å². The Bertz CT molecular complexity index is 990.